The van der Waals surface area contributed by atoms with Crippen molar-refractivity contribution in [3.8, 4) is 0 Å². The van der Waals surface area contributed by atoms with E-state index in [0.29, 0.717) is 23.5 Å². The molecular weight excluding hydrogens is 184 g/mol. The van der Waals surface area contributed by atoms with Gasteiger partial charge in [0.1, 0.15) is 0 Å². The third-order valence-corrected chi connectivity index (χ3v) is 3.39. The second-order valence-corrected chi connectivity index (χ2v) is 4.86. The zero-order valence-corrected chi connectivity index (χ0v) is 10.2. The van der Waals surface area contributed by atoms with Gasteiger partial charge in [-0.1, -0.05) is 39.0 Å². The molecule has 1 nitrogen and oxygen atoms in total. The molecule has 0 spiro atoms. The van der Waals surface area contributed by atoms with E-state index in [2.05, 4.69) is 32.9 Å². The van der Waals surface area contributed by atoms with Gasteiger partial charge >= 0.3 is 0 Å². The highest BCUT2D eigenvalue weighted by atomic mass is 16.1. The molecule has 0 bridgehead atoms. The molecule has 15 heavy (non-hydrogen) atoms. The molecule has 0 heterocycles. The summed E-state index contributed by atoms with van der Waals surface area (Å²) in [5.74, 6) is 1.96. The summed E-state index contributed by atoms with van der Waals surface area (Å²) in [6, 6.07) is 0. The Hall–Kier alpha value is -0.850. The normalized spacial score (nSPS) is 31.4. The SMILES string of the molecule is C/C=C\C(=O)C1C(C)C=CCC1C(C)C. The quantitative estimate of drug-likeness (QED) is 0.509. The Kier molecular flexibility index (Phi) is 4.31. The van der Waals surface area contributed by atoms with Crippen LogP contribution in [-0.2, 0) is 4.79 Å². The lowest BCUT2D eigenvalue weighted by Crippen LogP contribution is -2.33. The molecule has 3 unspecified atom stereocenters. The van der Waals surface area contributed by atoms with Gasteiger partial charge in [-0.2, -0.15) is 0 Å². The van der Waals surface area contributed by atoms with Crippen molar-refractivity contribution in [2.75, 3.05) is 0 Å². The highest BCUT2D eigenvalue weighted by molar-refractivity contribution is 5.92. The molecule has 0 N–H and O–H groups in total. The zero-order chi connectivity index (χ0) is 11.4. The van der Waals surface area contributed by atoms with E-state index in [1.807, 2.05) is 13.0 Å². The molecule has 0 aliphatic heterocycles. The van der Waals surface area contributed by atoms with Crippen LogP contribution in [-0.4, -0.2) is 5.78 Å². The summed E-state index contributed by atoms with van der Waals surface area (Å²) in [7, 11) is 0. The molecule has 1 heteroatoms. The van der Waals surface area contributed by atoms with E-state index in [4.69, 9.17) is 0 Å². The first-order chi connectivity index (χ1) is 7.07. The van der Waals surface area contributed by atoms with Crippen molar-refractivity contribution in [2.24, 2.45) is 23.7 Å². The van der Waals surface area contributed by atoms with E-state index >= 15 is 0 Å². The van der Waals surface area contributed by atoms with Gasteiger partial charge in [0, 0.05) is 5.92 Å². The van der Waals surface area contributed by atoms with E-state index in [1.54, 1.807) is 6.08 Å². The minimum Gasteiger partial charge on any atom is -0.295 e. The van der Waals surface area contributed by atoms with Crippen LogP contribution in [0.1, 0.15) is 34.1 Å². The number of hydrogen-bond acceptors (Lipinski definition) is 1. The van der Waals surface area contributed by atoms with Crippen LogP contribution in [0.5, 0.6) is 0 Å². The Bertz CT molecular complexity index is 273. The van der Waals surface area contributed by atoms with Crippen LogP contribution < -0.4 is 0 Å². The van der Waals surface area contributed by atoms with Crippen molar-refractivity contribution >= 4 is 5.78 Å². The van der Waals surface area contributed by atoms with Gasteiger partial charge in [0.25, 0.3) is 0 Å². The summed E-state index contributed by atoms with van der Waals surface area (Å²) < 4.78 is 0. The molecule has 0 aromatic rings. The Morgan fingerprint density at radius 3 is 2.67 bits per heavy atom. The minimum atomic E-state index is 0.186. The van der Waals surface area contributed by atoms with Crippen LogP contribution in [0, 0.1) is 23.7 Å². The second kappa shape index (κ2) is 5.29. The zero-order valence-electron chi connectivity index (χ0n) is 10.2. The predicted octanol–water partition coefficient (Wildman–Crippen LogP) is 3.62. The van der Waals surface area contributed by atoms with Gasteiger partial charge in [-0.15, -0.1) is 0 Å². The highest BCUT2D eigenvalue weighted by Gasteiger charge is 2.33. The van der Waals surface area contributed by atoms with Gasteiger partial charge in [-0.05, 0) is 37.2 Å². The van der Waals surface area contributed by atoms with Gasteiger partial charge < -0.3 is 0 Å². The molecule has 3 atom stereocenters. The molecule has 0 aromatic heterocycles. The average molecular weight is 206 g/mol. The summed E-state index contributed by atoms with van der Waals surface area (Å²) >= 11 is 0. The largest absolute Gasteiger partial charge is 0.295 e. The Morgan fingerprint density at radius 2 is 2.13 bits per heavy atom. The third-order valence-electron chi connectivity index (χ3n) is 3.39. The van der Waals surface area contributed by atoms with E-state index in [9.17, 15) is 4.79 Å². The Labute approximate surface area is 93.3 Å². The molecule has 0 amide bonds. The lowest BCUT2D eigenvalue weighted by Gasteiger charge is -2.34. The molecule has 1 rings (SSSR count). The van der Waals surface area contributed by atoms with Gasteiger partial charge in [0.05, 0.1) is 0 Å². The molecule has 1 aliphatic rings. The van der Waals surface area contributed by atoms with Crippen LogP contribution >= 0.6 is 0 Å². The van der Waals surface area contributed by atoms with Crippen molar-refractivity contribution < 1.29 is 4.79 Å². The molecule has 0 saturated heterocycles. The van der Waals surface area contributed by atoms with Crippen molar-refractivity contribution in [2.45, 2.75) is 34.1 Å². The van der Waals surface area contributed by atoms with Crippen molar-refractivity contribution in [3.63, 3.8) is 0 Å². The first-order valence-electron chi connectivity index (χ1n) is 5.91. The number of ketones is 1. The summed E-state index contributed by atoms with van der Waals surface area (Å²) in [6.45, 7) is 8.49. The summed E-state index contributed by atoms with van der Waals surface area (Å²) in [5, 5.41) is 0. The topological polar surface area (TPSA) is 17.1 Å². The van der Waals surface area contributed by atoms with Crippen LogP contribution in [0.3, 0.4) is 0 Å². The number of carbonyl (C=O) groups excluding carboxylic acids is 1. The highest BCUT2D eigenvalue weighted by Crippen LogP contribution is 2.35. The van der Waals surface area contributed by atoms with Crippen LogP contribution in [0.15, 0.2) is 24.3 Å². The molecule has 0 aromatic carbocycles. The third kappa shape index (κ3) is 2.80. The van der Waals surface area contributed by atoms with Crippen molar-refractivity contribution in [1.29, 1.82) is 0 Å². The van der Waals surface area contributed by atoms with E-state index < -0.39 is 0 Å². The minimum absolute atomic E-state index is 0.186. The van der Waals surface area contributed by atoms with Crippen LogP contribution in [0.2, 0.25) is 0 Å². The number of allylic oxidation sites excluding steroid dienone is 4. The van der Waals surface area contributed by atoms with E-state index in [0.717, 1.165) is 6.42 Å². The fourth-order valence-electron chi connectivity index (χ4n) is 2.54. The van der Waals surface area contributed by atoms with E-state index in [1.165, 1.54) is 0 Å². The monoisotopic (exact) mass is 206 g/mol. The van der Waals surface area contributed by atoms with Crippen molar-refractivity contribution in [3.05, 3.63) is 24.3 Å². The maximum Gasteiger partial charge on any atom is 0.159 e. The summed E-state index contributed by atoms with van der Waals surface area (Å²) in [4.78, 5) is 12.0. The molecular formula is C14H22O. The van der Waals surface area contributed by atoms with Gasteiger partial charge in [0.2, 0.25) is 0 Å². The van der Waals surface area contributed by atoms with Gasteiger partial charge in [-0.3, -0.25) is 4.79 Å². The lowest BCUT2D eigenvalue weighted by atomic mass is 9.70. The Balaban J connectivity index is 2.88. The summed E-state index contributed by atoms with van der Waals surface area (Å²) in [5.41, 5.74) is 0. The van der Waals surface area contributed by atoms with Crippen LogP contribution in [0.4, 0.5) is 0 Å². The number of hydrogen-bond donors (Lipinski definition) is 0. The maximum atomic E-state index is 12.0. The van der Waals surface area contributed by atoms with Gasteiger partial charge in [0.15, 0.2) is 5.78 Å². The molecule has 0 fully saturated rings. The smallest absolute Gasteiger partial charge is 0.159 e. The predicted molar refractivity (Wildman–Crippen MR) is 64.6 cm³/mol. The fraction of sp³-hybridized carbons (Fsp3) is 0.643. The maximum absolute atomic E-state index is 12.0. The van der Waals surface area contributed by atoms with Crippen LogP contribution in [0.25, 0.3) is 0 Å². The van der Waals surface area contributed by atoms with E-state index in [-0.39, 0.29) is 5.92 Å². The first-order valence-corrected chi connectivity index (χ1v) is 5.91. The number of rotatable bonds is 3. The molecule has 1 aliphatic carbocycles. The molecule has 0 saturated carbocycles. The second-order valence-electron chi connectivity index (χ2n) is 4.86. The fourth-order valence-corrected chi connectivity index (χ4v) is 2.54. The Morgan fingerprint density at radius 1 is 1.47 bits per heavy atom. The van der Waals surface area contributed by atoms with Gasteiger partial charge in [-0.25, -0.2) is 0 Å². The standard InChI is InChI=1S/C14H22O/c1-5-7-13(15)14-11(4)8-6-9-12(14)10(2)3/h5-8,10-12,14H,9H2,1-4H3/b7-5-. The summed E-state index contributed by atoms with van der Waals surface area (Å²) in [6.07, 6.45) is 9.05. The molecule has 0 radical (unpaired) electrons. The lowest BCUT2D eigenvalue weighted by molar-refractivity contribution is -0.121. The molecule has 84 valence electrons. The average Bonchev–Trinajstić information content (AvgIpc) is 2.17. The first kappa shape index (κ1) is 12.2. The number of carbonyl (C=O) groups is 1. The van der Waals surface area contributed by atoms with Crippen molar-refractivity contribution in [1.82, 2.24) is 0 Å².